The molecule has 0 aliphatic heterocycles. The van der Waals surface area contributed by atoms with Gasteiger partial charge in [-0.2, -0.15) is 0 Å². The molecule has 0 fully saturated rings. The lowest BCUT2D eigenvalue weighted by atomic mass is 10.5. The SMILES string of the molecule is CC[Si](CCC[Si](C)(C1=CCC=C1)C1=CCC=C1)(C1=CCC=C1)C1=CCC=C1. The number of allylic oxidation sites excluding steroid dienone is 16. The molecule has 0 aromatic heterocycles. The highest BCUT2D eigenvalue weighted by Gasteiger charge is 2.40. The van der Waals surface area contributed by atoms with E-state index in [2.05, 4.69) is 86.4 Å². The zero-order valence-corrected chi connectivity index (χ0v) is 19.6. The second-order valence-corrected chi connectivity index (χ2v) is 17.7. The summed E-state index contributed by atoms with van der Waals surface area (Å²) >= 11 is 0. The largest absolute Gasteiger partial charge is 0.117 e. The topological polar surface area (TPSA) is 0 Å². The van der Waals surface area contributed by atoms with Crippen LogP contribution in [0, 0.1) is 0 Å². The summed E-state index contributed by atoms with van der Waals surface area (Å²) in [6, 6.07) is 4.14. The Morgan fingerprint density at radius 1 is 0.643 bits per heavy atom. The maximum Gasteiger partial charge on any atom is 0.117 e. The summed E-state index contributed by atoms with van der Waals surface area (Å²) in [4.78, 5) is 0. The quantitative estimate of drug-likeness (QED) is 0.348. The molecule has 0 heterocycles. The summed E-state index contributed by atoms with van der Waals surface area (Å²) in [6.07, 6.45) is 35.3. The van der Waals surface area contributed by atoms with Crippen molar-refractivity contribution in [3.63, 3.8) is 0 Å². The Hall–Kier alpha value is -1.65. The summed E-state index contributed by atoms with van der Waals surface area (Å²) in [5, 5.41) is 6.76. The van der Waals surface area contributed by atoms with E-state index in [1.807, 2.05) is 0 Å². The van der Waals surface area contributed by atoms with E-state index in [-0.39, 0.29) is 0 Å². The lowest BCUT2D eigenvalue weighted by molar-refractivity contribution is 1.01. The van der Waals surface area contributed by atoms with Crippen molar-refractivity contribution in [3.05, 3.63) is 93.7 Å². The monoisotopic (exact) mass is 402 g/mol. The van der Waals surface area contributed by atoms with Crippen molar-refractivity contribution in [2.45, 2.75) is 63.7 Å². The molecule has 0 bridgehead atoms. The molecular formula is C26H34Si2. The average Bonchev–Trinajstić information content (AvgIpc) is 3.54. The van der Waals surface area contributed by atoms with E-state index in [1.54, 1.807) is 20.8 Å². The molecule has 0 aromatic rings. The van der Waals surface area contributed by atoms with Gasteiger partial charge in [-0.05, 0) is 37.8 Å². The third-order valence-electron chi connectivity index (χ3n) is 7.35. The third kappa shape index (κ3) is 3.53. The maximum absolute atomic E-state index is 2.62. The molecule has 4 aliphatic carbocycles. The highest BCUT2D eigenvalue weighted by Crippen LogP contribution is 2.42. The summed E-state index contributed by atoms with van der Waals surface area (Å²) in [5.41, 5.74) is 0. The second kappa shape index (κ2) is 8.38. The van der Waals surface area contributed by atoms with Crippen LogP contribution in [-0.2, 0) is 0 Å². The molecule has 0 aromatic carbocycles. The smallest absolute Gasteiger partial charge is 0.0811 e. The van der Waals surface area contributed by atoms with Gasteiger partial charge < -0.3 is 0 Å². The molecule has 0 saturated heterocycles. The zero-order chi connectivity index (χ0) is 19.5. The lowest BCUT2D eigenvalue weighted by Gasteiger charge is -2.35. The first-order valence-corrected chi connectivity index (χ1v) is 16.3. The summed E-state index contributed by atoms with van der Waals surface area (Å²) < 4.78 is 0. The van der Waals surface area contributed by atoms with Crippen LogP contribution in [0.15, 0.2) is 93.7 Å². The van der Waals surface area contributed by atoms with Crippen LogP contribution in [-0.4, -0.2) is 16.1 Å². The second-order valence-electron chi connectivity index (χ2n) is 8.81. The van der Waals surface area contributed by atoms with Gasteiger partial charge in [0.1, 0.15) is 16.1 Å². The number of hydrogen-bond donors (Lipinski definition) is 0. The molecule has 4 aliphatic rings. The number of rotatable bonds is 9. The first kappa shape index (κ1) is 19.7. The zero-order valence-electron chi connectivity index (χ0n) is 17.6. The first-order valence-electron chi connectivity index (χ1n) is 11.2. The van der Waals surface area contributed by atoms with Crippen molar-refractivity contribution in [2.24, 2.45) is 0 Å². The fourth-order valence-electron chi connectivity index (χ4n) is 5.60. The van der Waals surface area contributed by atoms with Crippen molar-refractivity contribution in [1.82, 2.24) is 0 Å². The Morgan fingerprint density at radius 3 is 1.43 bits per heavy atom. The van der Waals surface area contributed by atoms with Crippen LogP contribution < -0.4 is 0 Å². The van der Waals surface area contributed by atoms with E-state index in [0.717, 1.165) is 25.7 Å². The van der Waals surface area contributed by atoms with Gasteiger partial charge in [0.15, 0.2) is 0 Å². The van der Waals surface area contributed by atoms with E-state index in [4.69, 9.17) is 0 Å². The molecule has 0 unspecified atom stereocenters. The fraction of sp³-hybridized carbons (Fsp3) is 0.385. The van der Waals surface area contributed by atoms with Crippen LogP contribution in [0.25, 0.3) is 0 Å². The molecule has 0 radical (unpaired) electrons. The van der Waals surface area contributed by atoms with Crippen molar-refractivity contribution in [1.29, 1.82) is 0 Å². The van der Waals surface area contributed by atoms with Crippen LogP contribution in [0.2, 0.25) is 24.7 Å². The first-order chi connectivity index (χ1) is 13.7. The van der Waals surface area contributed by atoms with Gasteiger partial charge in [0.25, 0.3) is 0 Å². The average molecular weight is 403 g/mol. The molecule has 28 heavy (non-hydrogen) atoms. The van der Waals surface area contributed by atoms with E-state index < -0.39 is 16.1 Å². The highest BCUT2D eigenvalue weighted by atomic mass is 28.3. The standard InChI is InChI=1S/C26H34Si2/c1-3-28(25-17-8-9-18-25,26-19-10-11-20-26)22-12-21-27(2,23-13-4-5-14-23)24-15-6-7-16-24/h4,6,8,10,13-20H,3,5,7,9,11-12,21-22H2,1-2H3. The van der Waals surface area contributed by atoms with Crippen molar-refractivity contribution < 1.29 is 0 Å². The van der Waals surface area contributed by atoms with E-state index in [9.17, 15) is 0 Å². The predicted molar refractivity (Wildman–Crippen MR) is 129 cm³/mol. The molecule has 4 rings (SSSR count). The van der Waals surface area contributed by atoms with Gasteiger partial charge in [-0.3, -0.25) is 0 Å². The fourth-order valence-corrected chi connectivity index (χ4v) is 14.6. The minimum atomic E-state index is -1.59. The highest BCUT2D eigenvalue weighted by molar-refractivity contribution is 6.95. The summed E-state index contributed by atoms with van der Waals surface area (Å²) in [5.74, 6) is 0. The van der Waals surface area contributed by atoms with Gasteiger partial charge in [-0.1, -0.05) is 120 Å². The molecule has 0 spiro atoms. The van der Waals surface area contributed by atoms with Crippen LogP contribution >= 0.6 is 0 Å². The van der Waals surface area contributed by atoms with Crippen molar-refractivity contribution in [3.8, 4) is 0 Å². The van der Waals surface area contributed by atoms with Crippen LogP contribution in [0.4, 0.5) is 0 Å². The molecule has 0 nitrogen and oxygen atoms in total. The number of hydrogen-bond acceptors (Lipinski definition) is 0. The Morgan fingerprint density at radius 2 is 1.07 bits per heavy atom. The van der Waals surface area contributed by atoms with Crippen LogP contribution in [0.1, 0.15) is 39.0 Å². The van der Waals surface area contributed by atoms with Gasteiger partial charge in [0.2, 0.25) is 0 Å². The minimum Gasteiger partial charge on any atom is -0.0811 e. The van der Waals surface area contributed by atoms with Crippen molar-refractivity contribution >= 4 is 16.1 Å². The van der Waals surface area contributed by atoms with Gasteiger partial charge in [-0.25, -0.2) is 0 Å². The minimum absolute atomic E-state index is 1.14. The van der Waals surface area contributed by atoms with Crippen LogP contribution in [0.5, 0.6) is 0 Å². The maximum atomic E-state index is 2.62. The molecule has 2 heteroatoms. The van der Waals surface area contributed by atoms with E-state index in [0.29, 0.717) is 0 Å². The van der Waals surface area contributed by atoms with Gasteiger partial charge in [-0.15, -0.1) is 0 Å². The third-order valence-corrected chi connectivity index (χ3v) is 17.4. The molecule has 0 atom stereocenters. The van der Waals surface area contributed by atoms with E-state index in [1.165, 1.54) is 24.6 Å². The molecule has 0 amide bonds. The Bertz CT molecular complexity index is 795. The molecule has 0 saturated carbocycles. The lowest BCUT2D eigenvalue weighted by Crippen LogP contribution is -2.40. The molecule has 0 N–H and O–H groups in total. The van der Waals surface area contributed by atoms with Gasteiger partial charge in [0, 0.05) is 0 Å². The Labute approximate surface area is 173 Å². The molecular weight excluding hydrogens is 368 g/mol. The Balaban J connectivity index is 1.57. The summed E-state index contributed by atoms with van der Waals surface area (Å²) in [7, 11) is -3.17. The van der Waals surface area contributed by atoms with Crippen molar-refractivity contribution in [2.75, 3.05) is 0 Å². The van der Waals surface area contributed by atoms with E-state index >= 15 is 0 Å². The normalized spacial score (nSPS) is 20.8. The van der Waals surface area contributed by atoms with Gasteiger partial charge >= 0.3 is 0 Å². The Kier molecular flexibility index (Phi) is 5.89. The predicted octanol–water partition coefficient (Wildman–Crippen LogP) is 7.63. The van der Waals surface area contributed by atoms with Gasteiger partial charge in [0.05, 0.1) is 0 Å². The van der Waals surface area contributed by atoms with Crippen LogP contribution in [0.3, 0.4) is 0 Å². The summed E-state index contributed by atoms with van der Waals surface area (Å²) in [6.45, 7) is 5.07. The molecule has 146 valence electrons.